The van der Waals surface area contributed by atoms with E-state index in [1.807, 2.05) is 0 Å². The van der Waals surface area contributed by atoms with Crippen LogP contribution in [0.2, 0.25) is 0 Å². The molecular weight excluding hydrogens is 236 g/mol. The molecule has 1 atom stereocenters. The van der Waals surface area contributed by atoms with Crippen LogP contribution in [0.4, 0.5) is 5.69 Å². The van der Waals surface area contributed by atoms with Gasteiger partial charge in [0.25, 0.3) is 0 Å². The quantitative estimate of drug-likeness (QED) is 0.880. The lowest BCUT2D eigenvalue weighted by Gasteiger charge is -2.18. The summed E-state index contributed by atoms with van der Waals surface area (Å²) in [7, 11) is 0. The molecule has 0 aliphatic carbocycles. The van der Waals surface area contributed by atoms with Crippen LogP contribution >= 0.6 is 0 Å². The monoisotopic (exact) mass is 260 g/mol. The molecule has 2 heterocycles. The van der Waals surface area contributed by atoms with Gasteiger partial charge in [-0.25, -0.2) is 0 Å². The molecule has 0 aromatic heterocycles. The highest BCUT2D eigenvalue weighted by Gasteiger charge is 2.15. The maximum atomic E-state index is 5.39. The first-order valence-electron chi connectivity index (χ1n) is 7.54. The van der Waals surface area contributed by atoms with Crippen molar-refractivity contribution < 1.29 is 4.74 Å². The zero-order valence-electron chi connectivity index (χ0n) is 11.6. The van der Waals surface area contributed by atoms with E-state index in [4.69, 9.17) is 4.74 Å². The van der Waals surface area contributed by atoms with Gasteiger partial charge in [0.2, 0.25) is 0 Å². The Bertz CT molecular complexity index is 378. The highest BCUT2D eigenvalue weighted by Crippen LogP contribution is 2.20. The predicted octanol–water partition coefficient (Wildman–Crippen LogP) is 2.41. The van der Waals surface area contributed by atoms with E-state index in [0.717, 1.165) is 26.3 Å². The van der Waals surface area contributed by atoms with Gasteiger partial charge in [-0.05, 0) is 42.9 Å². The molecule has 2 fully saturated rings. The van der Waals surface area contributed by atoms with Gasteiger partial charge in [-0.3, -0.25) is 0 Å². The Morgan fingerprint density at radius 3 is 2.63 bits per heavy atom. The molecule has 0 saturated carbocycles. The van der Waals surface area contributed by atoms with Gasteiger partial charge >= 0.3 is 0 Å². The van der Waals surface area contributed by atoms with Crippen molar-refractivity contribution in [2.45, 2.75) is 25.8 Å². The third kappa shape index (κ3) is 3.48. The molecule has 0 bridgehead atoms. The van der Waals surface area contributed by atoms with Gasteiger partial charge in [0.1, 0.15) is 0 Å². The van der Waals surface area contributed by atoms with Crippen molar-refractivity contribution in [2.24, 2.45) is 5.92 Å². The Kier molecular flexibility index (Phi) is 4.36. The van der Waals surface area contributed by atoms with Gasteiger partial charge in [-0.1, -0.05) is 12.1 Å². The fourth-order valence-corrected chi connectivity index (χ4v) is 2.96. The smallest absolute Gasteiger partial charge is 0.0507 e. The number of nitrogens with one attached hydrogen (secondary N) is 1. The van der Waals surface area contributed by atoms with E-state index in [1.54, 1.807) is 0 Å². The van der Waals surface area contributed by atoms with E-state index >= 15 is 0 Å². The van der Waals surface area contributed by atoms with Gasteiger partial charge in [0.15, 0.2) is 0 Å². The lowest BCUT2D eigenvalue weighted by Crippen LogP contribution is -2.22. The Morgan fingerprint density at radius 2 is 1.95 bits per heavy atom. The molecule has 104 valence electrons. The first kappa shape index (κ1) is 12.9. The molecule has 0 amide bonds. The summed E-state index contributed by atoms with van der Waals surface area (Å²) in [6.07, 6.45) is 3.89. The highest BCUT2D eigenvalue weighted by atomic mass is 16.5. The van der Waals surface area contributed by atoms with Crippen molar-refractivity contribution >= 4 is 5.69 Å². The standard InChI is InChI=1S/C16H24N2O/c1-2-9-18(8-1)16-5-3-14(4-6-16)11-17-12-15-7-10-19-13-15/h3-6,15,17H,1-2,7-13H2. The summed E-state index contributed by atoms with van der Waals surface area (Å²) >= 11 is 0. The molecule has 0 radical (unpaired) electrons. The zero-order valence-corrected chi connectivity index (χ0v) is 11.6. The molecule has 1 aromatic rings. The summed E-state index contributed by atoms with van der Waals surface area (Å²) < 4.78 is 5.39. The Balaban J connectivity index is 1.45. The summed E-state index contributed by atoms with van der Waals surface area (Å²) in [4.78, 5) is 2.48. The van der Waals surface area contributed by atoms with Crippen LogP contribution in [0.3, 0.4) is 0 Å². The topological polar surface area (TPSA) is 24.5 Å². The summed E-state index contributed by atoms with van der Waals surface area (Å²) in [5.74, 6) is 0.712. The number of anilines is 1. The lowest BCUT2D eigenvalue weighted by molar-refractivity contribution is 0.185. The minimum absolute atomic E-state index is 0.712. The SMILES string of the molecule is c1cc(N2CCCC2)ccc1CNCC1CCOC1. The Labute approximate surface area is 115 Å². The van der Waals surface area contributed by atoms with Crippen molar-refractivity contribution in [3.05, 3.63) is 29.8 Å². The van der Waals surface area contributed by atoms with E-state index in [2.05, 4.69) is 34.5 Å². The molecule has 3 rings (SSSR count). The molecule has 1 unspecified atom stereocenters. The highest BCUT2D eigenvalue weighted by molar-refractivity contribution is 5.48. The molecule has 3 heteroatoms. The molecular formula is C16H24N2O. The average Bonchev–Trinajstić information content (AvgIpc) is 3.13. The zero-order chi connectivity index (χ0) is 12.9. The first-order chi connectivity index (χ1) is 9.42. The van der Waals surface area contributed by atoms with Gasteiger partial charge < -0.3 is 15.0 Å². The number of hydrogen-bond donors (Lipinski definition) is 1. The third-order valence-corrected chi connectivity index (χ3v) is 4.19. The van der Waals surface area contributed by atoms with Crippen LogP contribution in [0, 0.1) is 5.92 Å². The van der Waals surface area contributed by atoms with Crippen LogP contribution in [0.15, 0.2) is 24.3 Å². The number of rotatable bonds is 5. The van der Waals surface area contributed by atoms with Crippen molar-refractivity contribution in [1.82, 2.24) is 5.32 Å². The van der Waals surface area contributed by atoms with Crippen LogP contribution in [-0.4, -0.2) is 32.8 Å². The molecule has 3 nitrogen and oxygen atoms in total. The van der Waals surface area contributed by atoms with Crippen LogP contribution in [-0.2, 0) is 11.3 Å². The Morgan fingerprint density at radius 1 is 1.16 bits per heavy atom. The fraction of sp³-hybridized carbons (Fsp3) is 0.625. The molecule has 2 aliphatic heterocycles. The van der Waals surface area contributed by atoms with E-state index in [-0.39, 0.29) is 0 Å². The van der Waals surface area contributed by atoms with E-state index < -0.39 is 0 Å². The second kappa shape index (κ2) is 6.40. The van der Waals surface area contributed by atoms with Gasteiger partial charge in [-0.15, -0.1) is 0 Å². The number of ether oxygens (including phenoxy) is 1. The molecule has 1 aromatic carbocycles. The maximum absolute atomic E-state index is 5.39. The first-order valence-corrected chi connectivity index (χ1v) is 7.54. The molecule has 0 spiro atoms. The van der Waals surface area contributed by atoms with Crippen molar-refractivity contribution in [2.75, 3.05) is 37.7 Å². The summed E-state index contributed by atoms with van der Waals surface area (Å²) in [5, 5.41) is 3.54. The molecule has 19 heavy (non-hydrogen) atoms. The summed E-state index contributed by atoms with van der Waals surface area (Å²) in [6.45, 7) is 6.36. The lowest BCUT2D eigenvalue weighted by atomic mass is 10.1. The van der Waals surface area contributed by atoms with E-state index in [0.29, 0.717) is 5.92 Å². The van der Waals surface area contributed by atoms with Crippen molar-refractivity contribution in [3.8, 4) is 0 Å². The minimum Gasteiger partial charge on any atom is -0.381 e. The van der Waals surface area contributed by atoms with E-state index in [9.17, 15) is 0 Å². The number of hydrogen-bond acceptors (Lipinski definition) is 3. The normalized spacial score (nSPS) is 23.2. The largest absolute Gasteiger partial charge is 0.381 e. The second-order valence-electron chi connectivity index (χ2n) is 5.72. The molecule has 2 aliphatic rings. The number of nitrogens with zero attached hydrogens (tertiary/aromatic N) is 1. The van der Waals surface area contributed by atoms with Crippen LogP contribution in [0.25, 0.3) is 0 Å². The van der Waals surface area contributed by atoms with Gasteiger partial charge in [0, 0.05) is 38.5 Å². The fourth-order valence-electron chi connectivity index (χ4n) is 2.96. The number of benzene rings is 1. The van der Waals surface area contributed by atoms with Crippen LogP contribution < -0.4 is 10.2 Å². The van der Waals surface area contributed by atoms with Crippen molar-refractivity contribution in [1.29, 1.82) is 0 Å². The van der Waals surface area contributed by atoms with Crippen LogP contribution in [0.1, 0.15) is 24.8 Å². The minimum atomic E-state index is 0.712. The predicted molar refractivity (Wildman–Crippen MR) is 78.5 cm³/mol. The molecule has 1 N–H and O–H groups in total. The second-order valence-corrected chi connectivity index (χ2v) is 5.72. The molecule has 2 saturated heterocycles. The Hall–Kier alpha value is -1.06. The van der Waals surface area contributed by atoms with Crippen molar-refractivity contribution in [3.63, 3.8) is 0 Å². The van der Waals surface area contributed by atoms with Gasteiger partial charge in [-0.2, -0.15) is 0 Å². The van der Waals surface area contributed by atoms with Gasteiger partial charge in [0.05, 0.1) is 6.61 Å². The summed E-state index contributed by atoms with van der Waals surface area (Å²) in [6, 6.07) is 9.04. The van der Waals surface area contributed by atoms with Crippen LogP contribution in [0.5, 0.6) is 0 Å². The third-order valence-electron chi connectivity index (χ3n) is 4.19. The average molecular weight is 260 g/mol. The summed E-state index contributed by atoms with van der Waals surface area (Å²) in [5.41, 5.74) is 2.76. The maximum Gasteiger partial charge on any atom is 0.0507 e. The van der Waals surface area contributed by atoms with E-state index in [1.165, 1.54) is 43.6 Å².